The van der Waals surface area contributed by atoms with Gasteiger partial charge < -0.3 is 20.4 Å². The topological polar surface area (TPSA) is 77.8 Å². The second kappa shape index (κ2) is 8.74. The van der Waals surface area contributed by atoms with Gasteiger partial charge in [-0.15, -0.1) is 0 Å². The number of hydrogen-bond donors (Lipinski definition) is 2. The highest BCUT2D eigenvalue weighted by atomic mass is 19.1. The zero-order valence-corrected chi connectivity index (χ0v) is 18.8. The molecule has 4 unspecified atom stereocenters. The Morgan fingerprint density at radius 3 is 2.85 bits per heavy atom. The van der Waals surface area contributed by atoms with Crippen molar-refractivity contribution in [2.24, 2.45) is 5.92 Å². The molecule has 2 aliphatic heterocycles. The van der Waals surface area contributed by atoms with Crippen molar-refractivity contribution >= 4 is 23.2 Å². The molecule has 2 amide bonds. The molecule has 33 heavy (non-hydrogen) atoms. The normalized spacial score (nSPS) is 30.1. The molecule has 5 rings (SSSR count). The average Bonchev–Trinajstić information content (AvgIpc) is 3.42. The molecular formula is C23H29F2N7O. The summed E-state index contributed by atoms with van der Waals surface area (Å²) in [6.45, 7) is 6.05. The van der Waals surface area contributed by atoms with Gasteiger partial charge >= 0.3 is 6.03 Å². The van der Waals surface area contributed by atoms with Crippen LogP contribution in [0.3, 0.4) is 0 Å². The van der Waals surface area contributed by atoms with Gasteiger partial charge in [0.25, 0.3) is 0 Å². The zero-order valence-electron chi connectivity index (χ0n) is 18.8. The van der Waals surface area contributed by atoms with E-state index in [9.17, 15) is 13.6 Å². The number of hydrogen-bond acceptors (Lipinski definition) is 5. The van der Waals surface area contributed by atoms with Crippen LogP contribution >= 0.6 is 0 Å². The van der Waals surface area contributed by atoms with Crippen LogP contribution in [0.2, 0.25) is 0 Å². The van der Waals surface area contributed by atoms with E-state index in [2.05, 4.69) is 29.6 Å². The van der Waals surface area contributed by atoms with Crippen LogP contribution in [0.4, 0.5) is 25.1 Å². The minimum Gasteiger partial charge on any atom is -0.353 e. The number of urea groups is 1. The highest BCUT2D eigenvalue weighted by Crippen LogP contribution is 2.35. The van der Waals surface area contributed by atoms with Crippen LogP contribution in [0.1, 0.15) is 26.7 Å². The van der Waals surface area contributed by atoms with Gasteiger partial charge in [-0.25, -0.2) is 23.1 Å². The lowest BCUT2D eigenvalue weighted by Gasteiger charge is -2.36. The minimum atomic E-state index is -1.23. The Morgan fingerprint density at radius 2 is 2.06 bits per heavy atom. The van der Waals surface area contributed by atoms with Crippen LogP contribution in [0.15, 0.2) is 42.5 Å². The molecule has 10 heteroatoms. The largest absolute Gasteiger partial charge is 0.353 e. The van der Waals surface area contributed by atoms with E-state index in [-0.39, 0.29) is 24.2 Å². The summed E-state index contributed by atoms with van der Waals surface area (Å²) in [4.78, 5) is 21.5. The maximum atomic E-state index is 14.6. The highest BCUT2D eigenvalue weighted by Gasteiger charge is 2.37. The molecule has 8 nitrogen and oxygen atoms in total. The molecule has 2 N–H and O–H groups in total. The van der Waals surface area contributed by atoms with E-state index in [1.165, 1.54) is 18.2 Å². The van der Waals surface area contributed by atoms with Gasteiger partial charge in [0.1, 0.15) is 23.5 Å². The summed E-state index contributed by atoms with van der Waals surface area (Å²) in [6.07, 6.45) is 7.63. The van der Waals surface area contributed by atoms with Crippen molar-refractivity contribution < 1.29 is 13.6 Å². The summed E-state index contributed by atoms with van der Waals surface area (Å²) in [5, 5.41) is 10.7. The predicted octanol–water partition coefficient (Wildman–Crippen LogP) is 3.29. The van der Waals surface area contributed by atoms with Crippen molar-refractivity contribution in [1.29, 1.82) is 0 Å². The molecule has 0 saturated carbocycles. The van der Waals surface area contributed by atoms with Gasteiger partial charge in [-0.2, -0.15) is 5.10 Å². The average molecular weight is 458 g/mol. The van der Waals surface area contributed by atoms with Crippen molar-refractivity contribution in [3.05, 3.63) is 42.5 Å². The van der Waals surface area contributed by atoms with Crippen LogP contribution in [0.5, 0.6) is 0 Å². The standard InChI is InChI=1S/C23H29F2N7O/c1-14-12-30(13-15(2)27-14)23(33)28-19-11-26-32-9-7-21(29-22(19)32)31-8-3-4-20(31)17-10-16(24)5-6-18(17)25/h5-7,9-11,14-15,17-18,20,27H,3-4,8,12-13H2,1-2H3,(H,28,33)/t14?,15?,17?,18?,20-/m1/s1. The summed E-state index contributed by atoms with van der Waals surface area (Å²) >= 11 is 0. The van der Waals surface area contributed by atoms with E-state index >= 15 is 0 Å². The van der Waals surface area contributed by atoms with Crippen molar-refractivity contribution in [3.8, 4) is 0 Å². The van der Waals surface area contributed by atoms with Crippen LogP contribution in [-0.2, 0) is 0 Å². The molecule has 3 aliphatic rings. The summed E-state index contributed by atoms with van der Waals surface area (Å²) in [6, 6.07) is 1.89. The number of nitrogens with one attached hydrogen (secondary N) is 2. The van der Waals surface area contributed by atoms with Gasteiger partial charge in [-0.05, 0) is 51.0 Å². The van der Waals surface area contributed by atoms with Crippen molar-refractivity contribution in [2.75, 3.05) is 29.9 Å². The third-order valence-corrected chi connectivity index (χ3v) is 6.64. The lowest BCUT2D eigenvalue weighted by atomic mass is 9.89. The van der Waals surface area contributed by atoms with Crippen molar-refractivity contribution in [1.82, 2.24) is 24.8 Å². The first-order valence-corrected chi connectivity index (χ1v) is 11.5. The molecular weight excluding hydrogens is 428 g/mol. The van der Waals surface area contributed by atoms with Gasteiger partial charge in [0.15, 0.2) is 5.65 Å². The molecule has 1 aliphatic carbocycles. The summed E-state index contributed by atoms with van der Waals surface area (Å²) in [5.74, 6) is -0.293. The number of anilines is 2. The molecule has 0 bridgehead atoms. The molecule has 2 fully saturated rings. The van der Waals surface area contributed by atoms with Gasteiger partial charge in [0.2, 0.25) is 0 Å². The number of piperazine rings is 1. The monoisotopic (exact) mass is 457 g/mol. The van der Waals surface area contributed by atoms with E-state index in [0.717, 1.165) is 12.8 Å². The van der Waals surface area contributed by atoms with Gasteiger partial charge in [0.05, 0.1) is 6.20 Å². The van der Waals surface area contributed by atoms with Crippen LogP contribution < -0.4 is 15.5 Å². The van der Waals surface area contributed by atoms with Gasteiger partial charge in [-0.3, -0.25) is 0 Å². The second-order valence-electron chi connectivity index (χ2n) is 9.25. The first-order valence-electron chi connectivity index (χ1n) is 11.5. The first kappa shape index (κ1) is 21.8. The Hall–Kier alpha value is -3.01. The highest BCUT2D eigenvalue weighted by molar-refractivity contribution is 5.93. The number of nitrogens with zero attached hydrogens (tertiary/aromatic N) is 5. The number of rotatable bonds is 3. The molecule has 2 aromatic rings. The van der Waals surface area contributed by atoms with Crippen molar-refractivity contribution in [2.45, 2.75) is 51.0 Å². The molecule has 176 valence electrons. The number of amides is 2. The third-order valence-electron chi connectivity index (χ3n) is 6.64. The van der Waals surface area contributed by atoms with Crippen molar-refractivity contribution in [3.63, 3.8) is 0 Å². The fraction of sp³-hybridized carbons (Fsp3) is 0.522. The van der Waals surface area contributed by atoms with E-state index in [1.807, 2.05) is 11.0 Å². The smallest absolute Gasteiger partial charge is 0.322 e. The number of alkyl halides is 1. The number of fused-ring (bicyclic) bond motifs is 1. The Kier molecular flexibility index (Phi) is 5.77. The number of halogens is 2. The maximum Gasteiger partial charge on any atom is 0.322 e. The Bertz CT molecular complexity index is 1090. The Morgan fingerprint density at radius 1 is 1.27 bits per heavy atom. The number of carbonyl (C=O) groups is 1. The summed E-state index contributed by atoms with van der Waals surface area (Å²) in [5.41, 5.74) is 1.04. The number of carbonyl (C=O) groups excluding carboxylic acids is 1. The SMILES string of the molecule is CC1CN(C(=O)Nc2cnn3ccc(N4CCC[C@@H]4C4C=C(F)C=CC4F)nc23)CC(C)N1. The number of allylic oxidation sites excluding steroid dienone is 3. The van der Waals surface area contributed by atoms with E-state index in [4.69, 9.17) is 4.98 Å². The second-order valence-corrected chi connectivity index (χ2v) is 9.25. The molecule has 0 spiro atoms. The van der Waals surface area contributed by atoms with Crippen LogP contribution in [-0.4, -0.2) is 69.5 Å². The summed E-state index contributed by atoms with van der Waals surface area (Å²) < 4.78 is 30.0. The first-order chi connectivity index (χ1) is 15.9. The maximum absolute atomic E-state index is 14.6. The van der Waals surface area contributed by atoms with E-state index in [1.54, 1.807) is 21.8 Å². The molecule has 2 saturated heterocycles. The van der Waals surface area contributed by atoms with E-state index < -0.39 is 17.9 Å². The van der Waals surface area contributed by atoms with E-state index in [0.29, 0.717) is 36.8 Å². The van der Waals surface area contributed by atoms with Crippen LogP contribution in [0, 0.1) is 5.92 Å². The Labute approximate surface area is 191 Å². The lowest BCUT2D eigenvalue weighted by Crippen LogP contribution is -2.56. The fourth-order valence-electron chi connectivity index (χ4n) is 5.24. The Balaban J connectivity index is 1.38. The molecule has 0 aromatic carbocycles. The number of aromatic nitrogens is 3. The molecule has 5 atom stereocenters. The fourth-order valence-corrected chi connectivity index (χ4v) is 5.24. The lowest BCUT2D eigenvalue weighted by molar-refractivity contribution is 0.176. The zero-order chi connectivity index (χ0) is 23.1. The minimum absolute atomic E-state index is 0.185. The molecule has 4 heterocycles. The summed E-state index contributed by atoms with van der Waals surface area (Å²) in [7, 11) is 0. The predicted molar refractivity (Wildman–Crippen MR) is 123 cm³/mol. The quantitative estimate of drug-likeness (QED) is 0.740. The third kappa shape index (κ3) is 4.31. The van der Waals surface area contributed by atoms with Gasteiger partial charge in [-0.1, -0.05) is 0 Å². The molecule has 0 radical (unpaired) electrons. The van der Waals surface area contributed by atoms with Gasteiger partial charge in [0, 0.05) is 49.9 Å². The molecule has 2 aromatic heterocycles. The van der Waals surface area contributed by atoms with Crippen LogP contribution in [0.25, 0.3) is 5.65 Å².